The summed E-state index contributed by atoms with van der Waals surface area (Å²) in [4.78, 5) is 35.5. The molecule has 1 aliphatic rings. The summed E-state index contributed by atoms with van der Waals surface area (Å²) in [7, 11) is -0.00702. The van der Waals surface area contributed by atoms with Crippen molar-refractivity contribution in [2.75, 3.05) is 18.9 Å². The van der Waals surface area contributed by atoms with Crippen LogP contribution in [-0.2, 0) is 40.8 Å². The Labute approximate surface area is 248 Å². The van der Waals surface area contributed by atoms with E-state index >= 15 is 0 Å². The second kappa shape index (κ2) is 12.9. The molecule has 0 radical (unpaired) electrons. The molecule has 41 heavy (non-hydrogen) atoms. The van der Waals surface area contributed by atoms with E-state index in [1.54, 1.807) is 4.57 Å². The highest BCUT2D eigenvalue weighted by Crippen LogP contribution is 2.57. The summed E-state index contributed by atoms with van der Waals surface area (Å²) in [5.41, 5.74) is 7.16. The van der Waals surface area contributed by atoms with Gasteiger partial charge < -0.3 is 29.4 Å². The van der Waals surface area contributed by atoms with Gasteiger partial charge in [-0.3, -0.25) is 23.4 Å². The molecule has 6 atom stereocenters. The molecule has 17 nitrogen and oxygen atoms in total. The normalized spacial score (nSPS) is 22.6. The Morgan fingerprint density at radius 2 is 2.17 bits per heavy atom. The Hall–Kier alpha value is -2.25. The van der Waals surface area contributed by atoms with Crippen LogP contribution in [0, 0.1) is 0 Å². The maximum atomic E-state index is 13.5. The van der Waals surface area contributed by atoms with Crippen molar-refractivity contribution in [2.45, 2.75) is 37.7 Å². The molecule has 0 aromatic carbocycles. The number of thiol groups is 2. The number of hydrogen-bond donors (Lipinski definition) is 5. The molecule has 1 fully saturated rings. The van der Waals surface area contributed by atoms with Crippen LogP contribution in [0.15, 0.2) is 23.6 Å². The molecule has 5 rings (SSSR count). The molecule has 4 aromatic rings. The van der Waals surface area contributed by atoms with Crippen molar-refractivity contribution in [3.8, 4) is 0 Å². The topological polar surface area (TPSA) is 217 Å². The lowest BCUT2D eigenvalue weighted by atomic mass is 10.1. The van der Waals surface area contributed by atoms with Crippen molar-refractivity contribution in [2.24, 2.45) is 0 Å². The number of aliphatic hydroxyl groups is 1. The molecule has 2 unspecified atom stereocenters. The van der Waals surface area contributed by atoms with E-state index < -0.39 is 36.9 Å². The third-order valence-corrected chi connectivity index (χ3v) is 8.40. The highest BCUT2D eigenvalue weighted by Gasteiger charge is 2.49. The van der Waals surface area contributed by atoms with E-state index in [-0.39, 0.29) is 38.3 Å². The maximum Gasteiger partial charge on any atom is 0.387 e. The lowest BCUT2D eigenvalue weighted by molar-refractivity contribution is -0.0458. The average molecular weight is 664 g/mol. The molecule has 0 amide bonds. The zero-order chi connectivity index (χ0) is 29.1. The Kier molecular flexibility index (Phi) is 9.54. The van der Waals surface area contributed by atoms with E-state index in [9.17, 15) is 14.5 Å². The monoisotopic (exact) mass is 663 g/mol. The number of aromatic amines is 1. The molecule has 0 saturated carbocycles. The van der Waals surface area contributed by atoms with Gasteiger partial charge in [-0.15, -0.1) is 12.2 Å². The lowest BCUT2D eigenvalue weighted by Crippen LogP contribution is -2.35. The summed E-state index contributed by atoms with van der Waals surface area (Å²) in [6, 6.07) is 0. The molecule has 0 aliphatic carbocycles. The van der Waals surface area contributed by atoms with Crippen LogP contribution in [0.1, 0.15) is 12.1 Å². The third-order valence-electron chi connectivity index (χ3n) is 5.95. The van der Waals surface area contributed by atoms with E-state index in [0.29, 0.717) is 30.1 Å². The number of fused-ring (bicyclic) bond motifs is 2. The number of rotatable bonds is 13. The molecule has 0 bridgehead atoms. The Bertz CT molecular complexity index is 1650. The molecular weight excluding hydrogens is 640 g/mol. The van der Waals surface area contributed by atoms with Gasteiger partial charge in [0.1, 0.15) is 54.7 Å². The second-order valence-corrected chi connectivity index (χ2v) is 12.5. The minimum absolute atomic E-state index is 0.00702. The van der Waals surface area contributed by atoms with Crippen molar-refractivity contribution in [1.29, 1.82) is 0 Å². The van der Waals surface area contributed by atoms with Gasteiger partial charge >= 0.3 is 6.80 Å². The molecule has 4 aromatic heterocycles. The first-order valence-electron chi connectivity index (χ1n) is 11.6. The molecule has 1 aliphatic heterocycles. The van der Waals surface area contributed by atoms with Gasteiger partial charge in [0.15, 0.2) is 23.0 Å². The van der Waals surface area contributed by atoms with E-state index in [2.05, 4.69) is 54.4 Å². The fraction of sp³-hybridized carbons (Fsp3) is 0.421. The Balaban J connectivity index is 1.40. The van der Waals surface area contributed by atoms with Crippen LogP contribution in [0.4, 0.5) is 5.95 Å². The minimum atomic E-state index is -4.20. The molecule has 1 saturated heterocycles. The number of nitrogens with two attached hydrogens (primary N) is 1. The fourth-order valence-electron chi connectivity index (χ4n) is 4.23. The van der Waals surface area contributed by atoms with Gasteiger partial charge in [-0.1, -0.05) is 12.2 Å². The number of thiocarbonyl (C=S) groups is 1. The average Bonchev–Trinajstić information content (AvgIpc) is 3.60. The highest BCUT2D eigenvalue weighted by atomic mass is 32.7. The summed E-state index contributed by atoms with van der Waals surface area (Å²) in [5.74, 6) is 0.188. The number of imidazole rings is 2. The van der Waals surface area contributed by atoms with Gasteiger partial charge in [0.2, 0.25) is 5.95 Å². The number of nitrogens with one attached hydrogen (secondary N) is 1. The number of ether oxygens (including phenoxy) is 2. The summed E-state index contributed by atoms with van der Waals surface area (Å²) in [5, 5.41) is 11.0. The largest absolute Gasteiger partial charge is 0.487 e. The zero-order valence-corrected chi connectivity index (χ0v) is 25.2. The second-order valence-electron chi connectivity index (χ2n) is 8.42. The molecule has 220 valence electrons. The molecular formula is C19H23N9O8P2S3. The number of aliphatic hydroxyl groups excluding tert-OH is 1. The number of anilines is 1. The van der Waals surface area contributed by atoms with Crippen LogP contribution in [-0.4, -0.2) is 81.2 Å². The van der Waals surface area contributed by atoms with E-state index in [1.165, 1.54) is 23.4 Å². The van der Waals surface area contributed by atoms with Gasteiger partial charge in [0, 0.05) is 6.54 Å². The number of nitrogens with zero attached hydrogens (tertiary/aromatic N) is 7. The quantitative estimate of drug-likeness (QED) is 0.0587. The van der Waals surface area contributed by atoms with Crippen LogP contribution in [0.2, 0.25) is 0 Å². The Morgan fingerprint density at radius 1 is 1.34 bits per heavy atom. The van der Waals surface area contributed by atoms with Gasteiger partial charge in [-0.2, -0.15) is 4.98 Å². The van der Waals surface area contributed by atoms with E-state index in [1.807, 2.05) is 0 Å². The van der Waals surface area contributed by atoms with E-state index in [4.69, 9.17) is 41.0 Å². The zero-order valence-electron chi connectivity index (χ0n) is 20.7. The third kappa shape index (κ3) is 6.56. The van der Waals surface area contributed by atoms with Gasteiger partial charge in [-0.25, -0.2) is 24.5 Å². The van der Waals surface area contributed by atoms with Gasteiger partial charge in [0.05, 0.1) is 27.1 Å². The molecule has 22 heteroatoms. The van der Waals surface area contributed by atoms with Crippen molar-refractivity contribution in [3.05, 3.63) is 35.0 Å². The van der Waals surface area contributed by atoms with Crippen LogP contribution >= 0.6 is 51.5 Å². The van der Waals surface area contributed by atoms with Crippen LogP contribution < -0.4 is 11.3 Å². The van der Waals surface area contributed by atoms with Crippen molar-refractivity contribution in [3.63, 3.8) is 0 Å². The van der Waals surface area contributed by atoms with Crippen molar-refractivity contribution >= 4 is 85.4 Å². The van der Waals surface area contributed by atoms with Gasteiger partial charge in [0.25, 0.3) is 5.56 Å². The fourth-order valence-corrected chi connectivity index (χ4v) is 6.14. The molecule has 5 heterocycles. The summed E-state index contributed by atoms with van der Waals surface area (Å²) in [6.07, 6.45) is -0.748. The molecule has 0 spiro atoms. The van der Waals surface area contributed by atoms with Crippen molar-refractivity contribution < 1.29 is 32.7 Å². The van der Waals surface area contributed by atoms with Crippen molar-refractivity contribution in [1.82, 2.24) is 39.0 Å². The maximum absolute atomic E-state index is 13.5. The van der Waals surface area contributed by atoms with Crippen LogP contribution in [0.25, 0.3) is 22.3 Å². The highest BCUT2D eigenvalue weighted by molar-refractivity contribution is 8.44. The smallest absolute Gasteiger partial charge is 0.387 e. The number of H-pyrrole nitrogens is 1. The summed E-state index contributed by atoms with van der Waals surface area (Å²) < 4.78 is 44.3. The number of nitrogen functional groups attached to an aromatic ring is 1. The molecule has 4 N–H and O–H groups in total. The predicted octanol–water partition coefficient (Wildman–Crippen LogP) is 1.17. The summed E-state index contributed by atoms with van der Waals surface area (Å²) in [6.45, 7) is -3.97. The first-order chi connectivity index (χ1) is 19.7. The Morgan fingerprint density at radius 3 is 2.95 bits per heavy atom. The predicted molar refractivity (Wildman–Crippen MR) is 157 cm³/mol. The number of aromatic nitrogens is 8. The first kappa shape index (κ1) is 30.2. The SMILES string of the molecule is Nc1nc2c(ncn2[C@@H]2O[C@H](COC=S)[C@@H](O)[C@H]2OP(=O)(S)OCc2nc3cncnc3n2CCOPS)c(=O)[nH]1. The van der Waals surface area contributed by atoms with Crippen LogP contribution in [0.3, 0.4) is 0 Å². The summed E-state index contributed by atoms with van der Waals surface area (Å²) >= 11 is 12.9. The standard InChI is InChI=1S/C19H23N9O8P2S3/c20-19-25-16-12(17(30)26-19)23-7-28(16)18-14(13(29)10(35-18)4-32-8-39)36-38(31,41)34-5-11-24-9-3-21-6-22-15(9)27(11)1-2-33-37-40/h3,6-8,10,13-14,18,29,37,40H,1-2,4-5H2,(H,31,41)(H3,20,25,26,30)/t10-,13-,14-,18-,38?/m1/s1. The van der Waals surface area contributed by atoms with Gasteiger partial charge in [-0.05, 0) is 12.2 Å². The van der Waals surface area contributed by atoms with E-state index in [0.717, 1.165) is 5.55 Å². The number of hydrogen-bond acceptors (Lipinski definition) is 16. The van der Waals surface area contributed by atoms with Crippen LogP contribution in [0.5, 0.6) is 0 Å². The lowest BCUT2D eigenvalue weighted by Gasteiger charge is -2.24. The first-order valence-corrected chi connectivity index (χ1v) is 17.0. The minimum Gasteiger partial charge on any atom is -0.487 e.